The Hall–Kier alpha value is -2.67. The van der Waals surface area contributed by atoms with Crippen molar-refractivity contribution in [1.82, 2.24) is 4.98 Å². The molecule has 0 atom stereocenters. The molecule has 0 saturated carbocycles. The Morgan fingerprint density at radius 1 is 1.22 bits per heavy atom. The first-order chi connectivity index (χ1) is 8.74. The average molecular weight is 238 g/mol. The van der Waals surface area contributed by atoms with Crippen LogP contribution in [-0.2, 0) is 4.74 Å². The number of rotatable bonds is 2. The maximum absolute atomic E-state index is 11.4. The number of carbonyl (C=O) groups is 1. The van der Waals surface area contributed by atoms with Crippen LogP contribution in [0.3, 0.4) is 0 Å². The second kappa shape index (κ2) is 5.11. The summed E-state index contributed by atoms with van der Waals surface area (Å²) in [5, 5.41) is 8.72. The first-order valence-corrected chi connectivity index (χ1v) is 5.30. The van der Waals surface area contributed by atoms with Crippen molar-refractivity contribution in [3.63, 3.8) is 0 Å². The fraction of sp³-hybridized carbons (Fsp3) is 0.0714. The molecule has 88 valence electrons. The molecule has 0 spiro atoms. The van der Waals surface area contributed by atoms with Crippen molar-refractivity contribution in [2.24, 2.45) is 0 Å². The Bertz CT molecular complexity index is 612. The highest BCUT2D eigenvalue weighted by molar-refractivity contribution is 5.87. The maximum Gasteiger partial charge on any atom is 0.356 e. The smallest absolute Gasteiger partial charge is 0.356 e. The second-order valence-electron chi connectivity index (χ2n) is 3.59. The fourth-order valence-corrected chi connectivity index (χ4v) is 1.53. The van der Waals surface area contributed by atoms with E-state index in [-0.39, 0.29) is 5.69 Å². The Balaban J connectivity index is 2.38. The molecule has 0 fully saturated rings. The number of benzene rings is 1. The Labute approximate surface area is 104 Å². The number of hydrogen-bond donors (Lipinski definition) is 0. The van der Waals surface area contributed by atoms with Crippen LogP contribution in [0.4, 0.5) is 0 Å². The van der Waals surface area contributed by atoms with E-state index in [2.05, 4.69) is 9.72 Å². The van der Waals surface area contributed by atoms with Crippen molar-refractivity contribution in [2.75, 3.05) is 7.11 Å². The van der Waals surface area contributed by atoms with E-state index >= 15 is 0 Å². The van der Waals surface area contributed by atoms with E-state index in [4.69, 9.17) is 5.26 Å². The molecule has 0 amide bonds. The number of pyridine rings is 1. The molecule has 0 unspecified atom stereocenters. The van der Waals surface area contributed by atoms with Crippen molar-refractivity contribution in [3.05, 3.63) is 53.7 Å². The van der Waals surface area contributed by atoms with Crippen LogP contribution in [0.5, 0.6) is 0 Å². The van der Waals surface area contributed by atoms with Crippen LogP contribution in [0.15, 0.2) is 42.5 Å². The number of carbonyl (C=O) groups excluding carboxylic acids is 1. The van der Waals surface area contributed by atoms with Gasteiger partial charge in [0.1, 0.15) is 5.69 Å². The third-order valence-electron chi connectivity index (χ3n) is 2.45. The Morgan fingerprint density at radius 3 is 2.56 bits per heavy atom. The number of esters is 1. The highest BCUT2D eigenvalue weighted by Gasteiger charge is 2.08. The van der Waals surface area contributed by atoms with Crippen molar-refractivity contribution in [2.45, 2.75) is 0 Å². The first kappa shape index (κ1) is 11.8. The summed E-state index contributed by atoms with van der Waals surface area (Å²) in [6.45, 7) is 0. The Morgan fingerprint density at radius 2 is 1.94 bits per heavy atom. The summed E-state index contributed by atoms with van der Waals surface area (Å²) in [6, 6.07) is 14.2. The molecule has 2 aromatic rings. The van der Waals surface area contributed by atoms with E-state index in [1.807, 2.05) is 6.07 Å². The van der Waals surface area contributed by atoms with Gasteiger partial charge in [0.25, 0.3) is 0 Å². The number of aromatic nitrogens is 1. The standard InChI is InChI=1S/C14H10N2O2/c1-18-14(17)13-4-2-3-12(16-13)11-7-5-10(9-15)6-8-11/h2-8H,1H3. The lowest BCUT2D eigenvalue weighted by molar-refractivity contribution is 0.0594. The van der Waals surface area contributed by atoms with Gasteiger partial charge in [-0.15, -0.1) is 0 Å². The number of nitrogens with zero attached hydrogens (tertiary/aromatic N) is 2. The molecule has 1 aromatic heterocycles. The van der Waals surface area contributed by atoms with E-state index < -0.39 is 5.97 Å². The summed E-state index contributed by atoms with van der Waals surface area (Å²) in [5.74, 6) is -0.467. The molecule has 0 saturated heterocycles. The summed E-state index contributed by atoms with van der Waals surface area (Å²) in [6.07, 6.45) is 0. The molecule has 1 heterocycles. The third kappa shape index (κ3) is 2.36. The van der Waals surface area contributed by atoms with Gasteiger partial charge in [0.05, 0.1) is 24.4 Å². The second-order valence-corrected chi connectivity index (χ2v) is 3.59. The minimum Gasteiger partial charge on any atom is -0.464 e. The lowest BCUT2D eigenvalue weighted by Gasteiger charge is -2.03. The monoisotopic (exact) mass is 238 g/mol. The fourth-order valence-electron chi connectivity index (χ4n) is 1.53. The zero-order valence-corrected chi connectivity index (χ0v) is 9.75. The van der Waals surface area contributed by atoms with Gasteiger partial charge in [-0.3, -0.25) is 0 Å². The molecular formula is C14H10N2O2. The van der Waals surface area contributed by atoms with E-state index in [0.717, 1.165) is 5.56 Å². The molecule has 2 rings (SSSR count). The molecule has 4 heteroatoms. The van der Waals surface area contributed by atoms with Gasteiger partial charge in [0.15, 0.2) is 0 Å². The van der Waals surface area contributed by atoms with Crippen molar-refractivity contribution in [3.8, 4) is 17.3 Å². The van der Waals surface area contributed by atoms with E-state index in [1.54, 1.807) is 42.5 Å². The number of hydrogen-bond acceptors (Lipinski definition) is 4. The van der Waals surface area contributed by atoms with E-state index in [1.165, 1.54) is 7.11 Å². The summed E-state index contributed by atoms with van der Waals surface area (Å²) < 4.78 is 4.62. The molecule has 0 aliphatic rings. The van der Waals surface area contributed by atoms with Crippen molar-refractivity contribution < 1.29 is 9.53 Å². The summed E-state index contributed by atoms with van der Waals surface area (Å²) in [5.41, 5.74) is 2.37. The van der Waals surface area contributed by atoms with Crippen LogP contribution in [0.25, 0.3) is 11.3 Å². The number of ether oxygens (including phenoxy) is 1. The molecule has 0 radical (unpaired) electrons. The predicted octanol–water partition coefficient (Wildman–Crippen LogP) is 2.41. The number of nitriles is 1. The minimum absolute atomic E-state index is 0.263. The maximum atomic E-state index is 11.4. The first-order valence-electron chi connectivity index (χ1n) is 5.30. The molecule has 0 aliphatic heterocycles. The van der Waals surface area contributed by atoms with Crippen LogP contribution in [0.2, 0.25) is 0 Å². The van der Waals surface area contributed by atoms with Gasteiger partial charge < -0.3 is 4.74 Å². The molecule has 1 aromatic carbocycles. The summed E-state index contributed by atoms with van der Waals surface area (Å²) in [4.78, 5) is 15.6. The topological polar surface area (TPSA) is 63.0 Å². The van der Waals surface area contributed by atoms with Crippen LogP contribution in [0, 0.1) is 11.3 Å². The zero-order valence-electron chi connectivity index (χ0n) is 9.75. The normalized spacial score (nSPS) is 9.56. The molecule has 0 aliphatic carbocycles. The lowest BCUT2D eigenvalue weighted by atomic mass is 10.1. The Kier molecular flexibility index (Phi) is 3.35. The van der Waals surface area contributed by atoms with Crippen LogP contribution < -0.4 is 0 Å². The SMILES string of the molecule is COC(=O)c1cccc(-c2ccc(C#N)cc2)n1. The largest absolute Gasteiger partial charge is 0.464 e. The van der Waals surface area contributed by atoms with Gasteiger partial charge in [-0.2, -0.15) is 5.26 Å². The minimum atomic E-state index is -0.467. The highest BCUT2D eigenvalue weighted by Crippen LogP contribution is 2.17. The van der Waals surface area contributed by atoms with Crippen LogP contribution >= 0.6 is 0 Å². The quantitative estimate of drug-likeness (QED) is 0.753. The van der Waals surface area contributed by atoms with Crippen molar-refractivity contribution in [1.29, 1.82) is 5.26 Å². The molecule has 4 nitrogen and oxygen atoms in total. The van der Waals surface area contributed by atoms with Crippen molar-refractivity contribution >= 4 is 5.97 Å². The molecule has 0 bridgehead atoms. The third-order valence-corrected chi connectivity index (χ3v) is 2.45. The number of methoxy groups -OCH3 is 1. The lowest BCUT2D eigenvalue weighted by Crippen LogP contribution is -2.04. The van der Waals surface area contributed by atoms with Crippen LogP contribution in [0.1, 0.15) is 16.1 Å². The van der Waals surface area contributed by atoms with Gasteiger partial charge in [-0.25, -0.2) is 9.78 Å². The summed E-state index contributed by atoms with van der Waals surface area (Å²) in [7, 11) is 1.32. The average Bonchev–Trinajstić information content (AvgIpc) is 2.46. The molecular weight excluding hydrogens is 228 g/mol. The molecule has 18 heavy (non-hydrogen) atoms. The van der Waals surface area contributed by atoms with Gasteiger partial charge in [0, 0.05) is 5.56 Å². The van der Waals surface area contributed by atoms with Gasteiger partial charge in [-0.1, -0.05) is 18.2 Å². The van der Waals surface area contributed by atoms with Gasteiger partial charge >= 0.3 is 5.97 Å². The molecule has 0 N–H and O–H groups in total. The van der Waals surface area contributed by atoms with Gasteiger partial charge in [0.2, 0.25) is 0 Å². The summed E-state index contributed by atoms with van der Waals surface area (Å²) >= 11 is 0. The van der Waals surface area contributed by atoms with Crippen LogP contribution in [-0.4, -0.2) is 18.1 Å². The highest BCUT2D eigenvalue weighted by atomic mass is 16.5. The van der Waals surface area contributed by atoms with Gasteiger partial charge in [-0.05, 0) is 24.3 Å². The van der Waals surface area contributed by atoms with E-state index in [0.29, 0.717) is 11.3 Å². The zero-order chi connectivity index (χ0) is 13.0. The van der Waals surface area contributed by atoms with E-state index in [9.17, 15) is 4.79 Å². The predicted molar refractivity (Wildman–Crippen MR) is 65.7 cm³/mol.